The molecule has 0 N–H and O–H groups in total. The first-order valence-electron chi connectivity index (χ1n) is 9.70. The first-order valence-corrected chi connectivity index (χ1v) is 10.1. The third-order valence-electron chi connectivity index (χ3n) is 5.23. The zero-order chi connectivity index (χ0) is 21.3. The van der Waals surface area contributed by atoms with Crippen LogP contribution in [0.4, 0.5) is 8.78 Å². The van der Waals surface area contributed by atoms with Crippen molar-refractivity contribution in [2.24, 2.45) is 0 Å². The monoisotopic (exact) mass is 423 g/mol. The maximum Gasteiger partial charge on any atom is 0.387 e. The van der Waals surface area contributed by atoms with E-state index in [1.807, 2.05) is 19.9 Å². The van der Waals surface area contributed by atoms with Crippen molar-refractivity contribution in [2.75, 3.05) is 0 Å². The third kappa shape index (κ3) is 3.88. The Bertz CT molecular complexity index is 1090. The summed E-state index contributed by atoms with van der Waals surface area (Å²) in [6, 6.07) is 6.26. The lowest BCUT2D eigenvalue weighted by Crippen LogP contribution is -2.26. The van der Waals surface area contributed by atoms with Crippen molar-refractivity contribution in [3.05, 3.63) is 50.9 Å². The highest BCUT2D eigenvalue weighted by Crippen LogP contribution is 2.32. The van der Waals surface area contributed by atoms with Crippen LogP contribution < -0.4 is 10.3 Å². The van der Waals surface area contributed by atoms with Crippen molar-refractivity contribution in [3.63, 3.8) is 0 Å². The van der Waals surface area contributed by atoms with E-state index >= 15 is 0 Å². The standard InChI is InChI=1S/C21H24ClF2N3O2/c1-5-13(6-2)16-10-12(4)27-18(16)20(28)26(7-3)19(25-27)15-9-8-14(11-17(15)22)29-21(23)24/h8-11,13,21H,5-7H2,1-4H3. The SMILES string of the molecule is CCC(CC)c1cc(C)n2nc(-c3ccc(OC(F)F)cc3Cl)n(CC)c(=O)c12. The van der Waals surface area contributed by atoms with Crippen LogP contribution in [0.15, 0.2) is 29.1 Å². The molecule has 2 aromatic heterocycles. The van der Waals surface area contributed by atoms with Crippen molar-refractivity contribution in [1.82, 2.24) is 14.2 Å². The van der Waals surface area contributed by atoms with E-state index in [9.17, 15) is 13.6 Å². The van der Waals surface area contributed by atoms with Crippen LogP contribution in [0, 0.1) is 6.92 Å². The molecule has 0 amide bonds. The van der Waals surface area contributed by atoms with E-state index in [1.165, 1.54) is 12.1 Å². The molecule has 29 heavy (non-hydrogen) atoms. The average Bonchev–Trinajstić information content (AvgIpc) is 2.99. The molecule has 0 unspecified atom stereocenters. The van der Waals surface area contributed by atoms with Gasteiger partial charge in [-0.15, -0.1) is 5.10 Å². The van der Waals surface area contributed by atoms with E-state index in [1.54, 1.807) is 15.1 Å². The zero-order valence-corrected chi connectivity index (χ0v) is 17.6. The van der Waals surface area contributed by atoms with Gasteiger partial charge in [-0.25, -0.2) is 4.52 Å². The number of hydrogen-bond donors (Lipinski definition) is 0. The topological polar surface area (TPSA) is 48.5 Å². The van der Waals surface area contributed by atoms with E-state index in [0.29, 0.717) is 23.4 Å². The van der Waals surface area contributed by atoms with Crippen LogP contribution in [0.5, 0.6) is 5.75 Å². The summed E-state index contributed by atoms with van der Waals surface area (Å²) in [6.07, 6.45) is 1.86. The third-order valence-corrected chi connectivity index (χ3v) is 5.54. The van der Waals surface area contributed by atoms with Crippen molar-refractivity contribution in [2.45, 2.75) is 59.6 Å². The number of alkyl halides is 2. The summed E-state index contributed by atoms with van der Waals surface area (Å²) < 4.78 is 32.6. The van der Waals surface area contributed by atoms with Crippen LogP contribution in [0.2, 0.25) is 5.02 Å². The van der Waals surface area contributed by atoms with E-state index in [0.717, 1.165) is 24.1 Å². The molecule has 3 aromatic rings. The molecule has 0 aliphatic heterocycles. The van der Waals surface area contributed by atoms with Crippen molar-refractivity contribution < 1.29 is 13.5 Å². The second kappa shape index (κ2) is 8.53. The summed E-state index contributed by atoms with van der Waals surface area (Å²) >= 11 is 6.33. The molecule has 3 rings (SSSR count). The summed E-state index contributed by atoms with van der Waals surface area (Å²) in [7, 11) is 0. The predicted octanol–water partition coefficient (Wildman–Crippen LogP) is 5.65. The van der Waals surface area contributed by atoms with Gasteiger partial charge < -0.3 is 4.74 Å². The molecule has 8 heteroatoms. The van der Waals surface area contributed by atoms with Crippen LogP contribution in [-0.4, -0.2) is 20.8 Å². The lowest BCUT2D eigenvalue weighted by molar-refractivity contribution is -0.0498. The fourth-order valence-electron chi connectivity index (χ4n) is 3.75. The van der Waals surface area contributed by atoms with Crippen LogP contribution in [0.25, 0.3) is 16.9 Å². The number of fused-ring (bicyclic) bond motifs is 1. The van der Waals surface area contributed by atoms with Crippen molar-refractivity contribution in [1.29, 1.82) is 0 Å². The summed E-state index contributed by atoms with van der Waals surface area (Å²) in [6.45, 7) is 5.44. The van der Waals surface area contributed by atoms with Gasteiger partial charge >= 0.3 is 6.61 Å². The van der Waals surface area contributed by atoms with Crippen LogP contribution in [0.3, 0.4) is 0 Å². The Morgan fingerprint density at radius 3 is 2.41 bits per heavy atom. The Labute approximate surface area is 172 Å². The predicted molar refractivity (Wildman–Crippen MR) is 110 cm³/mol. The van der Waals surface area contributed by atoms with Gasteiger partial charge in [0.05, 0.1) is 5.02 Å². The van der Waals surface area contributed by atoms with Gasteiger partial charge in [0.1, 0.15) is 11.3 Å². The number of aryl methyl sites for hydroxylation is 1. The van der Waals surface area contributed by atoms with Crippen molar-refractivity contribution >= 4 is 17.1 Å². The second-order valence-corrected chi connectivity index (χ2v) is 7.32. The first kappa shape index (κ1) is 21.3. The largest absolute Gasteiger partial charge is 0.435 e. The maximum absolute atomic E-state index is 13.4. The number of rotatable bonds is 7. The van der Waals surface area contributed by atoms with Gasteiger partial charge in [-0.05, 0) is 62.4 Å². The van der Waals surface area contributed by atoms with Crippen LogP contribution in [0.1, 0.15) is 50.8 Å². The molecule has 156 valence electrons. The minimum absolute atomic E-state index is 0.0478. The summed E-state index contributed by atoms with van der Waals surface area (Å²) in [4.78, 5) is 13.4. The normalized spacial score (nSPS) is 11.8. The molecule has 0 bridgehead atoms. The Balaban J connectivity index is 2.25. The number of hydrogen-bond acceptors (Lipinski definition) is 3. The minimum Gasteiger partial charge on any atom is -0.435 e. The number of ether oxygens (including phenoxy) is 1. The molecule has 0 spiro atoms. The smallest absolute Gasteiger partial charge is 0.387 e. The average molecular weight is 424 g/mol. The fourth-order valence-corrected chi connectivity index (χ4v) is 4.01. The number of aromatic nitrogens is 3. The summed E-state index contributed by atoms with van der Waals surface area (Å²) in [5, 5.41) is 4.89. The highest BCUT2D eigenvalue weighted by atomic mass is 35.5. The van der Waals surface area contributed by atoms with Crippen molar-refractivity contribution in [3.8, 4) is 17.1 Å². The fraction of sp³-hybridized carbons (Fsp3) is 0.429. The number of benzene rings is 1. The van der Waals surface area contributed by atoms with Gasteiger partial charge in [-0.2, -0.15) is 8.78 Å². The quantitative estimate of drug-likeness (QED) is 0.493. The molecule has 0 atom stereocenters. The Morgan fingerprint density at radius 1 is 1.17 bits per heavy atom. The Morgan fingerprint density at radius 2 is 1.86 bits per heavy atom. The molecular formula is C21H24ClF2N3O2. The van der Waals surface area contributed by atoms with Gasteiger partial charge in [0.15, 0.2) is 5.82 Å². The molecule has 2 heterocycles. The van der Waals surface area contributed by atoms with E-state index in [-0.39, 0.29) is 22.2 Å². The van der Waals surface area contributed by atoms with Gasteiger partial charge in [0, 0.05) is 17.8 Å². The first-order chi connectivity index (χ1) is 13.8. The molecule has 0 aliphatic rings. The van der Waals surface area contributed by atoms with Gasteiger partial charge in [-0.1, -0.05) is 25.4 Å². The van der Waals surface area contributed by atoms with E-state index in [2.05, 4.69) is 18.6 Å². The molecule has 0 radical (unpaired) electrons. The molecular weight excluding hydrogens is 400 g/mol. The van der Waals surface area contributed by atoms with Gasteiger partial charge in [0.2, 0.25) is 0 Å². The minimum atomic E-state index is -2.94. The lowest BCUT2D eigenvalue weighted by Gasteiger charge is -2.15. The molecule has 0 saturated carbocycles. The van der Waals surface area contributed by atoms with E-state index in [4.69, 9.17) is 16.7 Å². The Kier molecular flexibility index (Phi) is 6.27. The van der Waals surface area contributed by atoms with Crippen LogP contribution >= 0.6 is 11.6 Å². The molecule has 1 aromatic carbocycles. The summed E-state index contributed by atoms with van der Waals surface area (Å²) in [5.74, 6) is 0.612. The molecule has 5 nitrogen and oxygen atoms in total. The lowest BCUT2D eigenvalue weighted by atomic mass is 9.95. The summed E-state index contributed by atoms with van der Waals surface area (Å²) in [5.41, 5.74) is 2.78. The molecule has 0 aliphatic carbocycles. The maximum atomic E-state index is 13.4. The second-order valence-electron chi connectivity index (χ2n) is 6.91. The number of halogens is 3. The van der Waals surface area contributed by atoms with Gasteiger partial charge in [-0.3, -0.25) is 9.36 Å². The zero-order valence-electron chi connectivity index (χ0n) is 16.9. The van der Waals surface area contributed by atoms with Gasteiger partial charge in [0.25, 0.3) is 5.56 Å². The molecule has 0 saturated heterocycles. The highest BCUT2D eigenvalue weighted by molar-refractivity contribution is 6.33. The van der Waals surface area contributed by atoms with Crippen LogP contribution in [-0.2, 0) is 6.54 Å². The highest BCUT2D eigenvalue weighted by Gasteiger charge is 2.22. The Hall–Kier alpha value is -2.41. The number of nitrogens with zero attached hydrogens (tertiary/aromatic N) is 3. The van der Waals surface area contributed by atoms with E-state index < -0.39 is 6.61 Å². The molecule has 0 fully saturated rings.